The SMILES string of the molecule is COc1ccc(CNC(N)=NCc2cccc(S(=O)(=O)N3CCCCC3)c2)cc1OC.I. The summed E-state index contributed by atoms with van der Waals surface area (Å²) in [4.78, 5) is 4.65. The Bertz CT molecular complexity index is 1020. The van der Waals surface area contributed by atoms with E-state index in [0.29, 0.717) is 36.0 Å². The number of hydrogen-bond acceptors (Lipinski definition) is 5. The molecule has 0 unspecified atom stereocenters. The van der Waals surface area contributed by atoms with Crippen molar-refractivity contribution in [3.8, 4) is 11.5 Å². The minimum Gasteiger partial charge on any atom is -0.493 e. The predicted octanol–water partition coefficient (Wildman–Crippen LogP) is 3.10. The van der Waals surface area contributed by atoms with Crippen LogP contribution in [-0.4, -0.2) is 46.0 Å². The van der Waals surface area contributed by atoms with Crippen molar-refractivity contribution in [1.82, 2.24) is 9.62 Å². The molecule has 1 fully saturated rings. The molecular formula is C22H31IN4O4S. The highest BCUT2D eigenvalue weighted by molar-refractivity contribution is 14.0. The van der Waals surface area contributed by atoms with Crippen molar-refractivity contribution in [1.29, 1.82) is 0 Å². The second-order valence-electron chi connectivity index (χ2n) is 7.36. The Morgan fingerprint density at radius 1 is 1.03 bits per heavy atom. The molecular weight excluding hydrogens is 543 g/mol. The number of aliphatic imine (C=N–C) groups is 1. The summed E-state index contributed by atoms with van der Waals surface area (Å²) < 4.78 is 37.8. The smallest absolute Gasteiger partial charge is 0.243 e. The average molecular weight is 574 g/mol. The van der Waals surface area contributed by atoms with Gasteiger partial charge in [-0.15, -0.1) is 24.0 Å². The largest absolute Gasteiger partial charge is 0.493 e. The van der Waals surface area contributed by atoms with Gasteiger partial charge in [0, 0.05) is 19.6 Å². The lowest BCUT2D eigenvalue weighted by Gasteiger charge is -2.26. The van der Waals surface area contributed by atoms with Crippen LogP contribution in [0.25, 0.3) is 0 Å². The van der Waals surface area contributed by atoms with Gasteiger partial charge in [0.2, 0.25) is 10.0 Å². The zero-order chi connectivity index (χ0) is 22.3. The van der Waals surface area contributed by atoms with Crippen molar-refractivity contribution in [3.05, 3.63) is 53.6 Å². The summed E-state index contributed by atoms with van der Waals surface area (Å²) >= 11 is 0. The van der Waals surface area contributed by atoms with E-state index in [9.17, 15) is 8.42 Å². The van der Waals surface area contributed by atoms with Gasteiger partial charge in [-0.05, 0) is 48.2 Å². The predicted molar refractivity (Wildman–Crippen MR) is 136 cm³/mol. The quantitative estimate of drug-likeness (QED) is 0.285. The monoisotopic (exact) mass is 574 g/mol. The lowest BCUT2D eigenvalue weighted by molar-refractivity contribution is 0.346. The number of piperidine rings is 1. The zero-order valence-electron chi connectivity index (χ0n) is 18.4. The summed E-state index contributed by atoms with van der Waals surface area (Å²) in [5.74, 6) is 1.58. The van der Waals surface area contributed by atoms with E-state index in [2.05, 4.69) is 10.3 Å². The third-order valence-electron chi connectivity index (χ3n) is 5.20. The summed E-state index contributed by atoms with van der Waals surface area (Å²) in [6.45, 7) is 1.92. The molecule has 3 N–H and O–H groups in total. The number of sulfonamides is 1. The van der Waals surface area contributed by atoms with Crippen LogP contribution in [-0.2, 0) is 23.1 Å². The van der Waals surface area contributed by atoms with Gasteiger partial charge in [-0.25, -0.2) is 13.4 Å². The fraction of sp³-hybridized carbons (Fsp3) is 0.409. The van der Waals surface area contributed by atoms with E-state index < -0.39 is 10.0 Å². The Labute approximate surface area is 207 Å². The Kier molecular flexibility index (Phi) is 10.0. The molecule has 1 saturated heterocycles. The molecule has 2 aromatic carbocycles. The number of ether oxygens (including phenoxy) is 2. The highest BCUT2D eigenvalue weighted by Crippen LogP contribution is 2.27. The first kappa shape index (κ1) is 26.2. The molecule has 3 rings (SSSR count). The van der Waals surface area contributed by atoms with Crippen LogP contribution in [0.4, 0.5) is 0 Å². The number of methoxy groups -OCH3 is 2. The van der Waals surface area contributed by atoms with Gasteiger partial charge in [-0.3, -0.25) is 0 Å². The Balaban J connectivity index is 0.00000363. The van der Waals surface area contributed by atoms with Crippen LogP contribution in [0.3, 0.4) is 0 Å². The van der Waals surface area contributed by atoms with E-state index in [4.69, 9.17) is 15.2 Å². The molecule has 0 amide bonds. The maximum absolute atomic E-state index is 12.9. The van der Waals surface area contributed by atoms with Crippen molar-refractivity contribution < 1.29 is 17.9 Å². The fourth-order valence-corrected chi connectivity index (χ4v) is 5.06. The first-order valence-corrected chi connectivity index (χ1v) is 11.7. The molecule has 176 valence electrons. The Hall–Kier alpha value is -2.05. The van der Waals surface area contributed by atoms with Gasteiger partial charge in [0.15, 0.2) is 17.5 Å². The van der Waals surface area contributed by atoms with Gasteiger partial charge in [0.1, 0.15) is 0 Å². The molecule has 0 spiro atoms. The zero-order valence-corrected chi connectivity index (χ0v) is 21.6. The van der Waals surface area contributed by atoms with E-state index in [-0.39, 0.29) is 36.5 Å². The number of guanidine groups is 1. The molecule has 1 heterocycles. The number of hydrogen-bond donors (Lipinski definition) is 2. The highest BCUT2D eigenvalue weighted by Gasteiger charge is 2.25. The van der Waals surface area contributed by atoms with E-state index in [0.717, 1.165) is 30.4 Å². The van der Waals surface area contributed by atoms with Gasteiger partial charge in [0.05, 0.1) is 25.7 Å². The molecule has 2 aromatic rings. The number of nitrogens with one attached hydrogen (secondary N) is 1. The standard InChI is InChI=1S/C22H30N4O4S.HI/c1-29-20-10-9-18(14-21(20)30-2)16-25-22(23)24-15-17-7-6-8-19(13-17)31(27,28)26-11-4-3-5-12-26;/h6-10,13-14H,3-5,11-12,15-16H2,1-2H3,(H3,23,24,25);1H. The molecule has 0 atom stereocenters. The second-order valence-corrected chi connectivity index (χ2v) is 9.29. The van der Waals surface area contributed by atoms with Crippen LogP contribution in [0.2, 0.25) is 0 Å². The van der Waals surface area contributed by atoms with E-state index in [1.165, 1.54) is 0 Å². The number of benzene rings is 2. The molecule has 8 nitrogen and oxygen atoms in total. The molecule has 1 aliphatic heterocycles. The van der Waals surface area contributed by atoms with Crippen LogP contribution in [0, 0.1) is 0 Å². The maximum atomic E-state index is 12.9. The van der Waals surface area contributed by atoms with Crippen LogP contribution in [0.15, 0.2) is 52.4 Å². The lowest BCUT2D eigenvalue weighted by Crippen LogP contribution is -2.35. The van der Waals surface area contributed by atoms with Gasteiger partial charge < -0.3 is 20.5 Å². The second kappa shape index (κ2) is 12.3. The Morgan fingerprint density at radius 3 is 2.44 bits per heavy atom. The summed E-state index contributed by atoms with van der Waals surface area (Å²) in [6.07, 6.45) is 2.90. The van der Waals surface area contributed by atoms with Crippen LogP contribution in [0.1, 0.15) is 30.4 Å². The normalized spacial score (nSPS) is 15.0. The third-order valence-corrected chi connectivity index (χ3v) is 7.10. The van der Waals surface area contributed by atoms with Crippen LogP contribution >= 0.6 is 24.0 Å². The molecule has 0 aliphatic carbocycles. The average Bonchev–Trinajstić information content (AvgIpc) is 2.81. The summed E-state index contributed by atoms with van der Waals surface area (Å²) in [7, 11) is -0.288. The number of halogens is 1. The van der Waals surface area contributed by atoms with Crippen molar-refractivity contribution in [2.75, 3.05) is 27.3 Å². The summed E-state index contributed by atoms with van der Waals surface area (Å²) in [6, 6.07) is 12.5. The molecule has 0 bridgehead atoms. The molecule has 0 aromatic heterocycles. The molecule has 10 heteroatoms. The third kappa shape index (κ3) is 6.72. The number of nitrogens with zero attached hydrogens (tertiary/aromatic N) is 2. The minimum atomic E-state index is -3.47. The highest BCUT2D eigenvalue weighted by atomic mass is 127. The molecule has 0 saturated carbocycles. The summed E-state index contributed by atoms with van der Waals surface area (Å²) in [5, 5.41) is 3.06. The van der Waals surface area contributed by atoms with Gasteiger partial charge >= 0.3 is 0 Å². The lowest BCUT2D eigenvalue weighted by atomic mass is 10.2. The number of rotatable bonds is 8. The van der Waals surface area contributed by atoms with E-state index >= 15 is 0 Å². The van der Waals surface area contributed by atoms with Gasteiger partial charge in [-0.1, -0.05) is 24.6 Å². The van der Waals surface area contributed by atoms with Gasteiger partial charge in [0.25, 0.3) is 0 Å². The molecule has 1 aliphatic rings. The van der Waals surface area contributed by atoms with Crippen LogP contribution in [0.5, 0.6) is 11.5 Å². The topological polar surface area (TPSA) is 106 Å². The minimum absolute atomic E-state index is 0. The van der Waals surface area contributed by atoms with Crippen LogP contribution < -0.4 is 20.5 Å². The van der Waals surface area contributed by atoms with Crippen molar-refractivity contribution in [3.63, 3.8) is 0 Å². The van der Waals surface area contributed by atoms with Crippen molar-refractivity contribution in [2.24, 2.45) is 10.7 Å². The summed E-state index contributed by atoms with van der Waals surface area (Å²) in [5.41, 5.74) is 7.74. The Morgan fingerprint density at radius 2 is 1.75 bits per heavy atom. The van der Waals surface area contributed by atoms with E-state index in [1.807, 2.05) is 24.3 Å². The van der Waals surface area contributed by atoms with Gasteiger partial charge in [-0.2, -0.15) is 4.31 Å². The maximum Gasteiger partial charge on any atom is 0.243 e. The first-order valence-electron chi connectivity index (χ1n) is 10.3. The first-order chi connectivity index (χ1) is 14.9. The number of nitrogens with two attached hydrogens (primary N) is 1. The van der Waals surface area contributed by atoms with E-state index in [1.54, 1.807) is 36.7 Å². The molecule has 0 radical (unpaired) electrons. The fourth-order valence-electron chi connectivity index (χ4n) is 3.47. The van der Waals surface area contributed by atoms with Crippen molar-refractivity contribution in [2.45, 2.75) is 37.2 Å². The van der Waals surface area contributed by atoms with Crippen molar-refractivity contribution >= 4 is 40.0 Å². The molecule has 32 heavy (non-hydrogen) atoms.